The van der Waals surface area contributed by atoms with E-state index in [-0.39, 0.29) is 5.91 Å². The van der Waals surface area contributed by atoms with Crippen LogP contribution in [0.2, 0.25) is 0 Å². The van der Waals surface area contributed by atoms with Crippen LogP contribution < -0.4 is 5.32 Å². The van der Waals surface area contributed by atoms with Crippen molar-refractivity contribution in [2.24, 2.45) is 0 Å². The minimum absolute atomic E-state index is 0.0107. The number of amides is 1. The summed E-state index contributed by atoms with van der Waals surface area (Å²) >= 11 is 3.20. The van der Waals surface area contributed by atoms with Crippen molar-refractivity contribution in [1.82, 2.24) is 14.8 Å². The lowest BCUT2D eigenvalue weighted by Crippen LogP contribution is -2.17. The van der Waals surface area contributed by atoms with Crippen LogP contribution in [0, 0.1) is 6.92 Å². The molecule has 5 nitrogen and oxygen atoms in total. The third-order valence-corrected chi connectivity index (χ3v) is 7.25. The largest absolute Gasteiger partial charge is 0.325 e. The number of thioether (sulfide) groups is 1. The SMILES string of the molecule is CCc1cccc(CC)c1NC(=O)CSc1nnc(-c2csc(C)c2CC)n1CC. The number of hydrogen-bond acceptors (Lipinski definition) is 5. The van der Waals surface area contributed by atoms with Gasteiger partial charge >= 0.3 is 0 Å². The van der Waals surface area contributed by atoms with Crippen LogP contribution in [0.3, 0.4) is 0 Å². The van der Waals surface area contributed by atoms with E-state index in [1.807, 2.05) is 0 Å². The maximum absolute atomic E-state index is 12.7. The Hall–Kier alpha value is -2.12. The van der Waals surface area contributed by atoms with Crippen molar-refractivity contribution in [3.8, 4) is 11.4 Å². The smallest absolute Gasteiger partial charge is 0.234 e. The number of nitrogens with one attached hydrogen (secondary N) is 1. The molecule has 0 bridgehead atoms. The summed E-state index contributed by atoms with van der Waals surface area (Å²) < 4.78 is 2.11. The summed E-state index contributed by atoms with van der Waals surface area (Å²) in [6.45, 7) is 11.4. The normalized spacial score (nSPS) is 11.1. The molecule has 0 saturated heterocycles. The molecule has 30 heavy (non-hydrogen) atoms. The maximum atomic E-state index is 12.7. The summed E-state index contributed by atoms with van der Waals surface area (Å²) in [5.41, 5.74) is 5.81. The molecular weight excluding hydrogens is 412 g/mol. The van der Waals surface area contributed by atoms with Gasteiger partial charge in [0.2, 0.25) is 5.91 Å². The lowest BCUT2D eigenvalue weighted by atomic mass is 10.0. The lowest BCUT2D eigenvalue weighted by Gasteiger charge is -2.14. The standard InChI is InChI=1S/C23H30N4OS2/c1-6-16-11-10-12-17(7-2)21(16)24-20(28)14-30-23-26-25-22(27(23)9-4)19-13-29-15(5)18(19)8-3/h10-13H,6-9,14H2,1-5H3,(H,24,28). The van der Waals surface area contributed by atoms with Gasteiger partial charge in [-0.3, -0.25) is 4.79 Å². The predicted molar refractivity (Wildman–Crippen MR) is 128 cm³/mol. The molecule has 0 aliphatic carbocycles. The van der Waals surface area contributed by atoms with E-state index in [4.69, 9.17) is 0 Å². The summed E-state index contributed by atoms with van der Waals surface area (Å²) in [4.78, 5) is 14.0. The van der Waals surface area contributed by atoms with E-state index in [1.54, 1.807) is 11.3 Å². The molecule has 0 aliphatic rings. The Bertz CT molecular complexity index is 1000. The Morgan fingerprint density at radius 1 is 1.10 bits per heavy atom. The molecule has 0 atom stereocenters. The Kier molecular flexibility index (Phi) is 7.72. The number of aromatic nitrogens is 3. The van der Waals surface area contributed by atoms with Crippen LogP contribution in [0.4, 0.5) is 5.69 Å². The predicted octanol–water partition coefficient (Wildman–Crippen LogP) is 5.75. The molecule has 0 saturated carbocycles. The van der Waals surface area contributed by atoms with Crippen molar-refractivity contribution >= 4 is 34.7 Å². The second-order valence-corrected chi connectivity index (χ2v) is 9.11. The molecule has 1 N–H and O–H groups in total. The Morgan fingerprint density at radius 3 is 2.40 bits per heavy atom. The highest BCUT2D eigenvalue weighted by Gasteiger charge is 2.19. The third-order valence-electron chi connectivity index (χ3n) is 5.33. The van der Waals surface area contributed by atoms with Gasteiger partial charge in [0, 0.05) is 28.1 Å². The number of para-hydroxylation sites is 1. The number of anilines is 1. The fourth-order valence-electron chi connectivity index (χ4n) is 3.69. The van der Waals surface area contributed by atoms with Gasteiger partial charge in [-0.2, -0.15) is 0 Å². The fourth-order valence-corrected chi connectivity index (χ4v) is 5.44. The first-order chi connectivity index (χ1) is 14.5. The summed E-state index contributed by atoms with van der Waals surface area (Å²) in [7, 11) is 0. The van der Waals surface area contributed by atoms with Crippen LogP contribution in [0.1, 0.15) is 49.3 Å². The first-order valence-corrected chi connectivity index (χ1v) is 12.4. The second-order valence-electron chi connectivity index (χ2n) is 7.08. The van der Waals surface area contributed by atoms with E-state index in [1.165, 1.54) is 33.3 Å². The van der Waals surface area contributed by atoms with Gasteiger partial charge in [-0.05, 0) is 49.8 Å². The number of carbonyl (C=O) groups excluding carboxylic acids is 1. The van der Waals surface area contributed by atoms with Crippen LogP contribution >= 0.6 is 23.1 Å². The number of aryl methyl sites for hydroxylation is 3. The quantitative estimate of drug-likeness (QED) is 0.429. The first kappa shape index (κ1) is 22.6. The molecule has 7 heteroatoms. The van der Waals surface area contributed by atoms with Crippen LogP contribution in [0.5, 0.6) is 0 Å². The van der Waals surface area contributed by atoms with Gasteiger partial charge in [-0.15, -0.1) is 21.5 Å². The zero-order chi connectivity index (χ0) is 21.7. The van der Waals surface area contributed by atoms with E-state index in [9.17, 15) is 4.79 Å². The Balaban J connectivity index is 1.76. The highest BCUT2D eigenvalue weighted by molar-refractivity contribution is 7.99. The minimum Gasteiger partial charge on any atom is -0.325 e. The Morgan fingerprint density at radius 2 is 1.80 bits per heavy atom. The highest BCUT2D eigenvalue weighted by Crippen LogP contribution is 2.32. The fraction of sp³-hybridized carbons (Fsp3) is 0.435. The van der Waals surface area contributed by atoms with Gasteiger partial charge in [0.1, 0.15) is 0 Å². The van der Waals surface area contributed by atoms with Crippen molar-refractivity contribution < 1.29 is 4.79 Å². The first-order valence-electron chi connectivity index (χ1n) is 10.6. The number of nitrogens with zero attached hydrogens (tertiary/aromatic N) is 3. The van der Waals surface area contributed by atoms with Gasteiger partial charge in [-0.25, -0.2) is 0 Å². The van der Waals surface area contributed by atoms with E-state index in [0.717, 1.165) is 48.0 Å². The summed E-state index contributed by atoms with van der Waals surface area (Å²) in [6, 6.07) is 6.22. The zero-order valence-corrected chi connectivity index (χ0v) is 20.0. The van der Waals surface area contributed by atoms with Gasteiger partial charge in [0.05, 0.1) is 5.75 Å². The van der Waals surface area contributed by atoms with Gasteiger partial charge in [0.25, 0.3) is 0 Å². The molecule has 0 aliphatic heterocycles. The van der Waals surface area contributed by atoms with Crippen LogP contribution in [-0.4, -0.2) is 26.4 Å². The van der Waals surface area contributed by atoms with Crippen molar-refractivity contribution in [3.05, 3.63) is 45.1 Å². The van der Waals surface area contributed by atoms with Gasteiger partial charge < -0.3 is 9.88 Å². The molecule has 1 aromatic carbocycles. The zero-order valence-electron chi connectivity index (χ0n) is 18.4. The van der Waals surface area contributed by atoms with Crippen LogP contribution in [0.15, 0.2) is 28.7 Å². The summed E-state index contributed by atoms with van der Waals surface area (Å²) in [5, 5.41) is 14.9. The molecule has 1 amide bonds. The summed E-state index contributed by atoms with van der Waals surface area (Å²) in [6.07, 6.45) is 2.76. The molecule has 160 valence electrons. The van der Waals surface area contributed by atoms with Gasteiger partial charge in [-0.1, -0.05) is 50.7 Å². The average Bonchev–Trinajstić information content (AvgIpc) is 3.34. The number of rotatable bonds is 9. The average molecular weight is 443 g/mol. The van der Waals surface area contributed by atoms with E-state index in [0.29, 0.717) is 5.75 Å². The number of carbonyl (C=O) groups is 1. The monoisotopic (exact) mass is 442 g/mol. The third kappa shape index (κ3) is 4.62. The second kappa shape index (κ2) is 10.3. The van der Waals surface area contributed by atoms with E-state index < -0.39 is 0 Å². The Labute approximate surface area is 187 Å². The molecule has 0 radical (unpaired) electrons. The maximum Gasteiger partial charge on any atom is 0.234 e. The summed E-state index contributed by atoms with van der Waals surface area (Å²) in [5.74, 6) is 1.19. The number of benzene rings is 1. The highest BCUT2D eigenvalue weighted by atomic mass is 32.2. The van der Waals surface area contributed by atoms with Crippen LogP contribution in [-0.2, 0) is 30.6 Å². The lowest BCUT2D eigenvalue weighted by molar-refractivity contribution is -0.113. The molecular formula is C23H30N4OS2. The molecule has 3 rings (SSSR count). The van der Waals surface area contributed by atoms with Crippen LogP contribution in [0.25, 0.3) is 11.4 Å². The molecule has 0 fully saturated rings. The topological polar surface area (TPSA) is 59.8 Å². The van der Waals surface area contributed by atoms with E-state index in [2.05, 4.69) is 78.3 Å². The van der Waals surface area contributed by atoms with Crippen molar-refractivity contribution in [2.75, 3.05) is 11.1 Å². The van der Waals surface area contributed by atoms with Crippen molar-refractivity contribution in [1.29, 1.82) is 0 Å². The number of hydrogen-bond donors (Lipinski definition) is 1. The molecule has 3 aromatic rings. The van der Waals surface area contributed by atoms with Gasteiger partial charge in [0.15, 0.2) is 11.0 Å². The molecule has 0 unspecified atom stereocenters. The molecule has 0 spiro atoms. The molecule has 2 heterocycles. The van der Waals surface area contributed by atoms with E-state index >= 15 is 0 Å². The number of thiophene rings is 1. The van der Waals surface area contributed by atoms with Crippen molar-refractivity contribution in [3.63, 3.8) is 0 Å². The minimum atomic E-state index is -0.0107. The van der Waals surface area contributed by atoms with Crippen molar-refractivity contribution in [2.45, 2.75) is 65.6 Å². The molecule has 2 aromatic heterocycles.